The van der Waals surface area contributed by atoms with Gasteiger partial charge in [0, 0.05) is 11.0 Å². The van der Waals surface area contributed by atoms with Crippen LogP contribution in [0.15, 0.2) is 21.5 Å². The van der Waals surface area contributed by atoms with E-state index in [-0.39, 0.29) is 15.1 Å². The molecule has 0 heterocycles. The van der Waals surface area contributed by atoms with E-state index in [1.807, 2.05) is 0 Å². The maximum absolute atomic E-state index is 13.2. The smallest absolute Gasteiger partial charge is 0.241 e. The summed E-state index contributed by atoms with van der Waals surface area (Å²) in [4.78, 5) is -0.0454. The van der Waals surface area contributed by atoms with Crippen LogP contribution < -0.4 is 10.5 Å². The second-order valence-corrected chi connectivity index (χ2v) is 7.33. The highest BCUT2D eigenvalue weighted by Gasteiger charge is 2.19. The van der Waals surface area contributed by atoms with Crippen LogP contribution in [0.25, 0.3) is 0 Å². The van der Waals surface area contributed by atoms with Crippen molar-refractivity contribution in [2.24, 2.45) is 5.92 Å². The molecular weight excluding hydrogens is 335 g/mol. The van der Waals surface area contributed by atoms with Gasteiger partial charge in [0.1, 0.15) is 5.82 Å². The number of nitrogen functional groups attached to an aromatic ring is 1. The fourth-order valence-electron chi connectivity index (χ4n) is 1.55. The molecule has 0 radical (unpaired) electrons. The molecule has 1 aromatic carbocycles. The molecule has 0 saturated heterocycles. The zero-order valence-corrected chi connectivity index (χ0v) is 13.3. The second-order valence-electron chi connectivity index (χ2n) is 4.74. The van der Waals surface area contributed by atoms with E-state index in [0.717, 1.165) is 25.0 Å². The van der Waals surface area contributed by atoms with Gasteiger partial charge >= 0.3 is 0 Å². The normalized spacial score (nSPS) is 12.1. The van der Waals surface area contributed by atoms with Crippen molar-refractivity contribution in [2.75, 3.05) is 12.3 Å². The molecule has 0 bridgehead atoms. The van der Waals surface area contributed by atoms with E-state index in [0.29, 0.717) is 12.5 Å². The molecule has 1 rings (SSSR count). The molecular formula is C12H18BrFN2O2S. The Labute approximate surface area is 121 Å². The van der Waals surface area contributed by atoms with Gasteiger partial charge in [-0.3, -0.25) is 0 Å². The lowest BCUT2D eigenvalue weighted by Crippen LogP contribution is -2.25. The first-order valence-electron chi connectivity index (χ1n) is 5.98. The first-order valence-corrected chi connectivity index (χ1v) is 8.26. The van der Waals surface area contributed by atoms with Crippen LogP contribution in [0.3, 0.4) is 0 Å². The van der Waals surface area contributed by atoms with E-state index in [2.05, 4.69) is 34.5 Å². The molecule has 19 heavy (non-hydrogen) atoms. The Morgan fingerprint density at radius 2 is 2.05 bits per heavy atom. The molecule has 0 fully saturated rings. The van der Waals surface area contributed by atoms with Crippen LogP contribution >= 0.6 is 15.9 Å². The van der Waals surface area contributed by atoms with Crippen molar-refractivity contribution in [2.45, 2.75) is 31.6 Å². The van der Waals surface area contributed by atoms with Crippen molar-refractivity contribution < 1.29 is 12.8 Å². The van der Waals surface area contributed by atoms with Gasteiger partial charge in [-0.25, -0.2) is 17.5 Å². The van der Waals surface area contributed by atoms with Gasteiger partial charge in [-0.2, -0.15) is 0 Å². The number of anilines is 1. The van der Waals surface area contributed by atoms with Crippen LogP contribution in [0.4, 0.5) is 10.1 Å². The summed E-state index contributed by atoms with van der Waals surface area (Å²) in [5.74, 6) is -0.122. The molecule has 3 N–H and O–H groups in total. The monoisotopic (exact) mass is 352 g/mol. The van der Waals surface area contributed by atoms with Gasteiger partial charge in [0.2, 0.25) is 10.0 Å². The molecule has 0 saturated carbocycles. The molecule has 7 heteroatoms. The van der Waals surface area contributed by atoms with Crippen molar-refractivity contribution in [1.82, 2.24) is 4.72 Å². The third-order valence-corrected chi connectivity index (χ3v) is 5.01. The van der Waals surface area contributed by atoms with Gasteiger partial charge in [-0.05, 0) is 46.8 Å². The molecule has 0 unspecified atom stereocenters. The minimum Gasteiger partial charge on any atom is -0.396 e. The summed E-state index contributed by atoms with van der Waals surface area (Å²) >= 11 is 3.03. The molecule has 0 amide bonds. The number of rotatable bonds is 6. The molecule has 0 aliphatic carbocycles. The summed E-state index contributed by atoms with van der Waals surface area (Å²) in [5, 5.41) is 0. The van der Waals surface area contributed by atoms with Gasteiger partial charge < -0.3 is 5.73 Å². The zero-order valence-electron chi connectivity index (χ0n) is 10.9. The number of halogens is 2. The first-order chi connectivity index (χ1) is 8.74. The van der Waals surface area contributed by atoms with Gasteiger partial charge in [-0.15, -0.1) is 0 Å². The average molecular weight is 353 g/mol. The highest BCUT2D eigenvalue weighted by atomic mass is 79.9. The maximum Gasteiger partial charge on any atom is 0.241 e. The number of nitrogens with two attached hydrogens (primary N) is 1. The van der Waals surface area contributed by atoms with E-state index in [9.17, 15) is 12.8 Å². The van der Waals surface area contributed by atoms with E-state index >= 15 is 0 Å². The predicted molar refractivity (Wildman–Crippen MR) is 77.8 cm³/mol. The van der Waals surface area contributed by atoms with E-state index in [1.165, 1.54) is 0 Å². The SMILES string of the molecule is CC(C)CCCNS(=O)(=O)c1cc(N)c(F)cc1Br. The fraction of sp³-hybridized carbons (Fsp3) is 0.500. The Hall–Kier alpha value is -0.660. The van der Waals surface area contributed by atoms with Crippen molar-refractivity contribution in [3.8, 4) is 0 Å². The standard InChI is InChI=1S/C12H18BrFN2O2S/c1-8(2)4-3-5-16-19(17,18)12-7-11(15)10(14)6-9(12)13/h6-8,16H,3-5,15H2,1-2H3. The molecule has 4 nitrogen and oxygen atoms in total. The van der Waals surface area contributed by atoms with Crippen LogP contribution in [0.1, 0.15) is 26.7 Å². The second kappa shape index (κ2) is 6.67. The Kier molecular flexibility index (Phi) is 5.76. The summed E-state index contributed by atoms with van der Waals surface area (Å²) in [6.07, 6.45) is 1.69. The lowest BCUT2D eigenvalue weighted by Gasteiger charge is -2.10. The molecule has 1 aromatic rings. The lowest BCUT2D eigenvalue weighted by molar-refractivity contribution is 0.539. The number of hydrogen-bond acceptors (Lipinski definition) is 3. The highest BCUT2D eigenvalue weighted by molar-refractivity contribution is 9.10. The fourth-order valence-corrected chi connectivity index (χ4v) is 3.67. The van der Waals surface area contributed by atoms with Gasteiger partial charge in [0.15, 0.2) is 0 Å². The Morgan fingerprint density at radius 1 is 1.42 bits per heavy atom. The zero-order chi connectivity index (χ0) is 14.6. The summed E-state index contributed by atoms with van der Waals surface area (Å²) in [5.41, 5.74) is 5.20. The number of nitrogens with one attached hydrogen (secondary N) is 1. The minimum atomic E-state index is -3.67. The Bertz CT molecular complexity index is 547. The average Bonchev–Trinajstić information content (AvgIpc) is 2.29. The van der Waals surface area contributed by atoms with Crippen molar-refractivity contribution in [3.63, 3.8) is 0 Å². The Morgan fingerprint density at radius 3 is 2.63 bits per heavy atom. The highest BCUT2D eigenvalue weighted by Crippen LogP contribution is 2.26. The molecule has 0 atom stereocenters. The number of sulfonamides is 1. The third-order valence-electron chi connectivity index (χ3n) is 2.59. The summed E-state index contributed by atoms with van der Waals surface area (Å²) in [6, 6.07) is 2.17. The van der Waals surface area contributed by atoms with E-state index in [4.69, 9.17) is 5.73 Å². The molecule has 0 spiro atoms. The van der Waals surface area contributed by atoms with Crippen LogP contribution in [0.2, 0.25) is 0 Å². The minimum absolute atomic E-state index is 0.0454. The van der Waals surface area contributed by atoms with Crippen LogP contribution in [-0.2, 0) is 10.0 Å². The molecule has 108 valence electrons. The summed E-state index contributed by atoms with van der Waals surface area (Å²) in [6.45, 7) is 4.50. The van der Waals surface area contributed by atoms with Gasteiger partial charge in [0.05, 0.1) is 10.6 Å². The van der Waals surface area contributed by atoms with Gasteiger partial charge in [0.25, 0.3) is 0 Å². The van der Waals surface area contributed by atoms with E-state index < -0.39 is 15.8 Å². The quantitative estimate of drug-likeness (QED) is 0.610. The maximum atomic E-state index is 13.2. The first kappa shape index (κ1) is 16.4. The van der Waals surface area contributed by atoms with Crippen molar-refractivity contribution >= 4 is 31.6 Å². The number of benzene rings is 1. The third kappa shape index (κ3) is 4.74. The lowest BCUT2D eigenvalue weighted by atomic mass is 10.1. The number of hydrogen-bond donors (Lipinski definition) is 2. The molecule has 0 aromatic heterocycles. The predicted octanol–water partition coefficient (Wildman–Crippen LogP) is 2.88. The molecule has 0 aliphatic rings. The largest absolute Gasteiger partial charge is 0.396 e. The summed E-state index contributed by atoms with van der Waals surface area (Å²) in [7, 11) is -3.67. The summed E-state index contributed by atoms with van der Waals surface area (Å²) < 4.78 is 39.9. The van der Waals surface area contributed by atoms with E-state index in [1.54, 1.807) is 0 Å². The van der Waals surface area contributed by atoms with Crippen LogP contribution in [0.5, 0.6) is 0 Å². The van der Waals surface area contributed by atoms with Crippen molar-refractivity contribution in [1.29, 1.82) is 0 Å². The van der Waals surface area contributed by atoms with Crippen molar-refractivity contribution in [3.05, 3.63) is 22.4 Å². The topological polar surface area (TPSA) is 72.2 Å². The Balaban J connectivity index is 2.80. The molecule has 0 aliphatic heterocycles. The van der Waals surface area contributed by atoms with Gasteiger partial charge in [-0.1, -0.05) is 13.8 Å². The van der Waals surface area contributed by atoms with Crippen LogP contribution in [-0.4, -0.2) is 15.0 Å². The van der Waals surface area contributed by atoms with Crippen LogP contribution in [0, 0.1) is 11.7 Å².